The second-order valence-electron chi connectivity index (χ2n) is 7.93. The quantitative estimate of drug-likeness (QED) is 0.347. The van der Waals surface area contributed by atoms with Gasteiger partial charge in [0.1, 0.15) is 23.2 Å². The first-order chi connectivity index (χ1) is 15.1. The van der Waals surface area contributed by atoms with Crippen LogP contribution in [-0.4, -0.2) is 0 Å². The van der Waals surface area contributed by atoms with Crippen molar-refractivity contribution in [2.75, 3.05) is 5.32 Å². The summed E-state index contributed by atoms with van der Waals surface area (Å²) in [6.45, 7) is 6.52. The van der Waals surface area contributed by atoms with Gasteiger partial charge < -0.3 is 5.32 Å². The highest BCUT2D eigenvalue weighted by Crippen LogP contribution is 2.57. The van der Waals surface area contributed by atoms with E-state index in [0.717, 1.165) is 0 Å². The molecule has 4 aromatic carbocycles. The van der Waals surface area contributed by atoms with Crippen LogP contribution in [0.4, 0.5) is 5.69 Å². The fourth-order valence-electron chi connectivity index (χ4n) is 4.19. The lowest BCUT2D eigenvalue weighted by Gasteiger charge is -2.25. The van der Waals surface area contributed by atoms with Crippen molar-refractivity contribution in [3.8, 4) is 0 Å². The Kier molecular flexibility index (Phi) is 6.35. The Labute approximate surface area is 186 Å². The van der Waals surface area contributed by atoms with Crippen LogP contribution in [0, 0.1) is 13.8 Å². The lowest BCUT2D eigenvalue weighted by atomic mass is 10.1. The van der Waals surface area contributed by atoms with E-state index in [1.165, 1.54) is 38.4 Å². The van der Waals surface area contributed by atoms with Gasteiger partial charge in [0, 0.05) is 11.4 Å². The number of hydrogen-bond donors (Lipinski definition) is 1. The third-order valence-corrected chi connectivity index (χ3v) is 9.79. The molecule has 1 nitrogen and oxygen atoms in total. The monoisotopic (exact) mass is 422 g/mol. The molecule has 0 spiro atoms. The van der Waals surface area contributed by atoms with Gasteiger partial charge in [-0.25, -0.2) is 0 Å². The molecular formula is C29H29NP+. The van der Waals surface area contributed by atoms with Gasteiger partial charge in [0.25, 0.3) is 0 Å². The molecule has 0 saturated carbocycles. The summed E-state index contributed by atoms with van der Waals surface area (Å²) in [4.78, 5) is 0. The summed E-state index contributed by atoms with van der Waals surface area (Å²) in [5.41, 5.74) is 4.89. The Hall–Kier alpha value is -3.15. The molecule has 0 bridgehead atoms. The molecule has 4 aromatic rings. The maximum absolute atomic E-state index is 3.73. The summed E-state index contributed by atoms with van der Waals surface area (Å²) in [5.74, 6) is 2.48. The zero-order chi connectivity index (χ0) is 21.7. The van der Waals surface area contributed by atoms with Crippen LogP contribution in [0.3, 0.4) is 0 Å². The molecular weight excluding hydrogens is 393 g/mol. The number of para-hydroxylation sites is 1. The van der Waals surface area contributed by atoms with E-state index < -0.39 is 7.26 Å². The van der Waals surface area contributed by atoms with Crippen LogP contribution < -0.4 is 21.2 Å². The predicted molar refractivity (Wildman–Crippen MR) is 138 cm³/mol. The standard InChI is InChI=1S/C29H29NP/c1-23-14-13-15-24(2)29(23)30-25(3)22-31(26-16-7-4-8-17-26,27-18-9-5-10-19-27)28-20-11-6-12-21-28/h4-22,30H,1-3H3/q+1/b25-22+. The summed E-state index contributed by atoms with van der Waals surface area (Å²) in [7, 11) is -2.00. The van der Waals surface area contributed by atoms with Crippen LogP contribution in [0.15, 0.2) is 121 Å². The smallest absolute Gasteiger partial charge is 0.138 e. The number of hydrogen-bond acceptors (Lipinski definition) is 1. The van der Waals surface area contributed by atoms with Crippen molar-refractivity contribution in [3.63, 3.8) is 0 Å². The van der Waals surface area contributed by atoms with Gasteiger partial charge in [-0.15, -0.1) is 0 Å². The normalized spacial score (nSPS) is 11.9. The van der Waals surface area contributed by atoms with E-state index in [0.29, 0.717) is 0 Å². The van der Waals surface area contributed by atoms with Crippen molar-refractivity contribution in [2.45, 2.75) is 20.8 Å². The van der Waals surface area contributed by atoms with Gasteiger partial charge in [0.2, 0.25) is 0 Å². The molecule has 154 valence electrons. The van der Waals surface area contributed by atoms with Gasteiger partial charge >= 0.3 is 0 Å². The Balaban J connectivity index is 1.95. The van der Waals surface area contributed by atoms with E-state index in [-0.39, 0.29) is 0 Å². The minimum Gasteiger partial charge on any atom is -0.356 e. The first-order valence-electron chi connectivity index (χ1n) is 10.7. The first-order valence-corrected chi connectivity index (χ1v) is 12.6. The molecule has 4 rings (SSSR count). The largest absolute Gasteiger partial charge is 0.356 e. The van der Waals surface area contributed by atoms with Crippen molar-refractivity contribution in [1.29, 1.82) is 0 Å². The van der Waals surface area contributed by atoms with Crippen LogP contribution in [0.1, 0.15) is 18.1 Å². The minimum atomic E-state index is -2.00. The Morgan fingerprint density at radius 1 is 0.581 bits per heavy atom. The number of anilines is 1. The van der Waals surface area contributed by atoms with Gasteiger partial charge in [0.05, 0.1) is 5.82 Å². The van der Waals surface area contributed by atoms with E-state index in [2.05, 4.69) is 141 Å². The zero-order valence-electron chi connectivity index (χ0n) is 18.4. The highest BCUT2D eigenvalue weighted by molar-refractivity contribution is 7.98. The Morgan fingerprint density at radius 3 is 1.35 bits per heavy atom. The van der Waals surface area contributed by atoms with Gasteiger partial charge in [-0.05, 0) is 68.3 Å². The fraction of sp³-hybridized carbons (Fsp3) is 0.103. The van der Waals surface area contributed by atoms with E-state index in [4.69, 9.17) is 0 Å². The number of benzene rings is 4. The molecule has 0 radical (unpaired) electrons. The molecule has 31 heavy (non-hydrogen) atoms. The van der Waals surface area contributed by atoms with E-state index in [9.17, 15) is 0 Å². The van der Waals surface area contributed by atoms with E-state index in [1.54, 1.807) is 0 Å². The molecule has 2 heteroatoms. The highest BCUT2D eigenvalue weighted by Gasteiger charge is 2.43. The maximum Gasteiger partial charge on any atom is 0.138 e. The van der Waals surface area contributed by atoms with Gasteiger partial charge in [-0.3, -0.25) is 0 Å². The topological polar surface area (TPSA) is 12.0 Å². The molecule has 0 saturated heterocycles. The lowest BCUT2D eigenvalue weighted by Crippen LogP contribution is -2.30. The average molecular weight is 423 g/mol. The first kappa shape index (κ1) is 21.1. The average Bonchev–Trinajstić information content (AvgIpc) is 2.82. The van der Waals surface area contributed by atoms with E-state index >= 15 is 0 Å². The summed E-state index contributed by atoms with van der Waals surface area (Å²) < 4.78 is 0. The van der Waals surface area contributed by atoms with Crippen LogP contribution in [0.2, 0.25) is 0 Å². The van der Waals surface area contributed by atoms with Crippen molar-refractivity contribution in [1.82, 2.24) is 0 Å². The Bertz CT molecular complexity index is 1050. The highest BCUT2D eigenvalue weighted by atomic mass is 31.2. The minimum absolute atomic E-state index is 1.17. The van der Waals surface area contributed by atoms with Gasteiger partial charge in [-0.2, -0.15) is 0 Å². The molecule has 0 aliphatic rings. The summed E-state index contributed by atoms with van der Waals surface area (Å²) in [6.07, 6.45) is 0. The number of rotatable bonds is 6. The molecule has 0 amide bonds. The third-order valence-electron chi connectivity index (χ3n) is 5.68. The van der Waals surface area contributed by atoms with E-state index in [1.807, 2.05) is 0 Å². The van der Waals surface area contributed by atoms with Crippen LogP contribution >= 0.6 is 7.26 Å². The molecule has 1 N–H and O–H groups in total. The van der Waals surface area contributed by atoms with Gasteiger partial charge in [0.15, 0.2) is 0 Å². The van der Waals surface area contributed by atoms with Gasteiger partial charge in [-0.1, -0.05) is 72.8 Å². The third kappa shape index (κ3) is 4.33. The summed E-state index contributed by atoms with van der Waals surface area (Å²) in [6, 6.07) is 39.3. The molecule has 0 fully saturated rings. The fourth-order valence-corrected chi connectivity index (χ4v) is 8.11. The predicted octanol–water partition coefficient (Wildman–Crippen LogP) is 6.57. The zero-order valence-corrected chi connectivity index (χ0v) is 19.3. The van der Waals surface area contributed by atoms with Crippen molar-refractivity contribution < 1.29 is 0 Å². The molecule has 0 atom stereocenters. The van der Waals surface area contributed by atoms with Crippen molar-refractivity contribution in [2.24, 2.45) is 0 Å². The van der Waals surface area contributed by atoms with Crippen LogP contribution in [0.25, 0.3) is 0 Å². The maximum atomic E-state index is 3.73. The number of aryl methyl sites for hydroxylation is 2. The molecule has 0 heterocycles. The molecule has 0 aliphatic carbocycles. The number of nitrogens with one attached hydrogen (secondary N) is 1. The molecule has 0 aromatic heterocycles. The Morgan fingerprint density at radius 2 is 0.968 bits per heavy atom. The summed E-state index contributed by atoms with van der Waals surface area (Å²) in [5, 5.41) is 7.80. The lowest BCUT2D eigenvalue weighted by molar-refractivity contribution is 1.30. The number of allylic oxidation sites excluding steroid dienone is 1. The second-order valence-corrected chi connectivity index (χ2v) is 11.2. The SMILES string of the molecule is C/C(=C\[P+](c1ccccc1)(c1ccccc1)c1ccccc1)Nc1c(C)cccc1C. The summed E-state index contributed by atoms with van der Waals surface area (Å²) >= 11 is 0. The van der Waals surface area contributed by atoms with Crippen LogP contribution in [-0.2, 0) is 0 Å². The van der Waals surface area contributed by atoms with Crippen LogP contribution in [0.5, 0.6) is 0 Å². The second kappa shape index (κ2) is 9.33. The molecule has 0 aliphatic heterocycles. The van der Waals surface area contributed by atoms with Crippen molar-refractivity contribution >= 4 is 28.9 Å². The molecule has 0 unspecified atom stereocenters. The van der Waals surface area contributed by atoms with Crippen molar-refractivity contribution in [3.05, 3.63) is 132 Å².